The highest BCUT2D eigenvalue weighted by atomic mass is 32.2. The highest BCUT2D eigenvalue weighted by Gasteiger charge is 2.11. The number of carbonyl (C=O) groups is 1. The van der Waals surface area contributed by atoms with E-state index in [1.165, 1.54) is 22.3 Å². The molecule has 23 heavy (non-hydrogen) atoms. The predicted octanol–water partition coefficient (Wildman–Crippen LogP) is 2.67. The Kier molecular flexibility index (Phi) is 5.09. The number of hydrogen-bond acceptors (Lipinski definition) is 5. The fraction of sp³-hybridized carbons (Fsp3) is 0.188. The molecule has 1 N–H and O–H groups in total. The van der Waals surface area contributed by atoms with Crippen molar-refractivity contribution in [1.29, 1.82) is 0 Å². The molecule has 0 aliphatic heterocycles. The average Bonchev–Trinajstić information content (AvgIpc) is 3.02. The van der Waals surface area contributed by atoms with Crippen LogP contribution in [0.1, 0.15) is 16.9 Å². The van der Waals surface area contributed by atoms with Crippen LogP contribution in [0.25, 0.3) is 4.96 Å². The van der Waals surface area contributed by atoms with Crippen LogP contribution < -0.4 is 10.9 Å². The second kappa shape index (κ2) is 7.43. The minimum Gasteiger partial charge on any atom is -0.351 e. The van der Waals surface area contributed by atoms with Crippen LogP contribution in [0.2, 0.25) is 0 Å². The van der Waals surface area contributed by atoms with Crippen LogP contribution in [0.4, 0.5) is 0 Å². The van der Waals surface area contributed by atoms with Crippen LogP contribution in [0, 0.1) is 0 Å². The summed E-state index contributed by atoms with van der Waals surface area (Å²) in [5.41, 5.74) is -0.0609. The summed E-state index contributed by atoms with van der Waals surface area (Å²) in [6.07, 6.45) is 2.60. The van der Waals surface area contributed by atoms with Crippen molar-refractivity contribution in [2.24, 2.45) is 0 Å². The van der Waals surface area contributed by atoms with E-state index in [1.54, 1.807) is 27.7 Å². The van der Waals surface area contributed by atoms with Crippen molar-refractivity contribution >= 4 is 34.0 Å². The first-order chi connectivity index (χ1) is 11.2. The van der Waals surface area contributed by atoms with Crippen LogP contribution in [-0.4, -0.2) is 27.6 Å². The van der Waals surface area contributed by atoms with Crippen molar-refractivity contribution in [3.63, 3.8) is 0 Å². The van der Waals surface area contributed by atoms with Gasteiger partial charge in [-0.15, -0.1) is 23.1 Å². The number of thioether (sulfide) groups is 1. The number of amides is 1. The maximum absolute atomic E-state index is 12.2. The minimum absolute atomic E-state index is 0.248. The van der Waals surface area contributed by atoms with E-state index in [0.29, 0.717) is 17.2 Å². The van der Waals surface area contributed by atoms with Crippen molar-refractivity contribution < 1.29 is 4.79 Å². The molecule has 2 heterocycles. The summed E-state index contributed by atoms with van der Waals surface area (Å²) in [5, 5.41) is 4.66. The summed E-state index contributed by atoms with van der Waals surface area (Å²) >= 11 is 3.09. The van der Waals surface area contributed by atoms with Gasteiger partial charge >= 0.3 is 0 Å². The monoisotopic (exact) mass is 345 g/mol. The summed E-state index contributed by atoms with van der Waals surface area (Å²) in [6.45, 7) is 0.571. The topological polar surface area (TPSA) is 63.5 Å². The standard InChI is InChI=1S/C16H15N3O2S2/c20-14-11-13(19-8-10-23-16(19)18-14)15(21)17-7-4-9-22-12-5-2-1-3-6-12/h1-3,5-6,8,10-11H,4,7,9H2,(H,17,21). The van der Waals surface area contributed by atoms with Crippen LogP contribution in [0.15, 0.2) is 57.7 Å². The molecule has 0 saturated heterocycles. The molecule has 118 valence electrons. The number of rotatable bonds is 6. The Balaban J connectivity index is 1.53. The Bertz CT molecular complexity index is 858. The molecule has 0 radical (unpaired) electrons. The first-order valence-electron chi connectivity index (χ1n) is 7.17. The van der Waals surface area contributed by atoms with Crippen molar-refractivity contribution in [2.45, 2.75) is 11.3 Å². The molecule has 3 rings (SSSR count). The van der Waals surface area contributed by atoms with Gasteiger partial charge in [-0.3, -0.25) is 14.0 Å². The van der Waals surface area contributed by atoms with Gasteiger partial charge in [0.2, 0.25) is 0 Å². The summed E-state index contributed by atoms with van der Waals surface area (Å²) < 4.78 is 1.64. The lowest BCUT2D eigenvalue weighted by atomic mass is 10.3. The quantitative estimate of drug-likeness (QED) is 0.551. The Hall–Kier alpha value is -2.12. The van der Waals surface area contributed by atoms with Crippen LogP contribution in [-0.2, 0) is 0 Å². The molecule has 2 aromatic heterocycles. The number of fused-ring (bicyclic) bond motifs is 1. The van der Waals surface area contributed by atoms with Gasteiger partial charge in [-0.05, 0) is 24.3 Å². The number of hydrogen-bond donors (Lipinski definition) is 1. The minimum atomic E-state index is -0.391. The van der Waals surface area contributed by atoms with E-state index >= 15 is 0 Å². The molecule has 0 spiro atoms. The van der Waals surface area contributed by atoms with Crippen molar-refractivity contribution in [3.8, 4) is 0 Å². The number of thiazole rings is 1. The summed E-state index contributed by atoms with van der Waals surface area (Å²) in [6, 6.07) is 11.4. The first kappa shape index (κ1) is 15.8. The van der Waals surface area contributed by atoms with E-state index in [1.807, 2.05) is 18.2 Å². The second-order valence-electron chi connectivity index (χ2n) is 4.81. The fourth-order valence-corrected chi connectivity index (χ4v) is 3.69. The maximum atomic E-state index is 12.2. The lowest BCUT2D eigenvalue weighted by molar-refractivity contribution is 0.0947. The lowest BCUT2D eigenvalue weighted by Crippen LogP contribution is -2.28. The van der Waals surface area contributed by atoms with Gasteiger partial charge in [-0.2, -0.15) is 4.98 Å². The fourth-order valence-electron chi connectivity index (χ4n) is 2.10. The number of nitrogens with zero attached hydrogens (tertiary/aromatic N) is 2. The third-order valence-electron chi connectivity index (χ3n) is 3.17. The summed E-state index contributed by atoms with van der Waals surface area (Å²) in [7, 11) is 0. The zero-order valence-electron chi connectivity index (χ0n) is 12.3. The molecular weight excluding hydrogens is 330 g/mol. The summed E-state index contributed by atoms with van der Waals surface area (Å²) in [4.78, 5) is 29.4. The van der Waals surface area contributed by atoms with Gasteiger partial charge in [0.05, 0.1) is 0 Å². The van der Waals surface area contributed by atoms with Crippen LogP contribution in [0.3, 0.4) is 0 Å². The molecule has 3 aromatic rings. The molecule has 0 fully saturated rings. The van der Waals surface area contributed by atoms with Gasteiger partial charge in [0, 0.05) is 29.1 Å². The Morgan fingerprint density at radius 2 is 2.13 bits per heavy atom. The smallest absolute Gasteiger partial charge is 0.274 e. The Morgan fingerprint density at radius 3 is 2.96 bits per heavy atom. The highest BCUT2D eigenvalue weighted by Crippen LogP contribution is 2.17. The second-order valence-corrected chi connectivity index (χ2v) is 6.85. The third kappa shape index (κ3) is 4.00. The van der Waals surface area contributed by atoms with E-state index in [9.17, 15) is 9.59 Å². The van der Waals surface area contributed by atoms with Crippen molar-refractivity contribution in [2.75, 3.05) is 12.3 Å². The normalized spacial score (nSPS) is 10.8. The zero-order valence-corrected chi connectivity index (χ0v) is 13.9. The molecule has 0 unspecified atom stereocenters. The molecule has 0 aliphatic carbocycles. The molecular formula is C16H15N3O2S2. The van der Waals surface area contributed by atoms with Crippen LogP contribution >= 0.6 is 23.1 Å². The molecule has 0 saturated carbocycles. The van der Waals surface area contributed by atoms with Crippen molar-refractivity contribution in [1.82, 2.24) is 14.7 Å². The third-order valence-corrected chi connectivity index (χ3v) is 5.02. The van der Waals surface area contributed by atoms with E-state index in [4.69, 9.17) is 0 Å². The molecule has 0 aliphatic rings. The number of carbonyl (C=O) groups excluding carboxylic acids is 1. The van der Waals surface area contributed by atoms with E-state index < -0.39 is 5.56 Å². The molecule has 1 amide bonds. The van der Waals surface area contributed by atoms with Crippen LogP contribution in [0.5, 0.6) is 0 Å². The van der Waals surface area contributed by atoms with E-state index in [-0.39, 0.29) is 5.91 Å². The average molecular weight is 345 g/mol. The molecule has 0 bridgehead atoms. The van der Waals surface area contributed by atoms with Gasteiger partial charge in [-0.25, -0.2) is 0 Å². The van der Waals surface area contributed by atoms with Gasteiger partial charge in [0.25, 0.3) is 11.5 Å². The van der Waals surface area contributed by atoms with Gasteiger partial charge in [0.15, 0.2) is 4.96 Å². The molecule has 7 heteroatoms. The van der Waals surface area contributed by atoms with E-state index in [0.717, 1.165) is 12.2 Å². The van der Waals surface area contributed by atoms with Crippen molar-refractivity contribution in [3.05, 3.63) is 64.0 Å². The zero-order chi connectivity index (χ0) is 16.1. The van der Waals surface area contributed by atoms with Gasteiger partial charge < -0.3 is 5.32 Å². The molecule has 0 atom stereocenters. The maximum Gasteiger partial charge on any atom is 0.274 e. The Labute approximate surface area is 141 Å². The van der Waals surface area contributed by atoms with E-state index in [2.05, 4.69) is 22.4 Å². The number of benzene rings is 1. The predicted molar refractivity (Wildman–Crippen MR) is 93.5 cm³/mol. The molecule has 1 aromatic carbocycles. The van der Waals surface area contributed by atoms with Gasteiger partial charge in [-0.1, -0.05) is 18.2 Å². The van der Waals surface area contributed by atoms with Gasteiger partial charge in [0.1, 0.15) is 5.69 Å². The molecule has 5 nitrogen and oxygen atoms in total. The lowest BCUT2D eigenvalue weighted by Gasteiger charge is -2.06. The SMILES string of the molecule is O=C(NCCCSc1ccccc1)c1cc(=O)nc2sccn12. The number of aromatic nitrogens is 2. The highest BCUT2D eigenvalue weighted by molar-refractivity contribution is 7.99. The largest absolute Gasteiger partial charge is 0.351 e. The Morgan fingerprint density at radius 1 is 1.30 bits per heavy atom. The number of nitrogens with one attached hydrogen (secondary N) is 1. The summed E-state index contributed by atoms with van der Waals surface area (Å²) in [5.74, 6) is 0.677. The first-order valence-corrected chi connectivity index (χ1v) is 9.03.